The van der Waals surface area contributed by atoms with Gasteiger partial charge in [0.1, 0.15) is 0 Å². The van der Waals surface area contributed by atoms with Gasteiger partial charge in [-0.2, -0.15) is 0 Å². The van der Waals surface area contributed by atoms with Crippen LogP contribution in [0.2, 0.25) is 0 Å². The summed E-state index contributed by atoms with van der Waals surface area (Å²) in [5.74, 6) is -0.903. The molecule has 5 heteroatoms. The van der Waals surface area contributed by atoms with Crippen LogP contribution in [-0.4, -0.2) is 24.9 Å². The van der Waals surface area contributed by atoms with Crippen LogP contribution in [0, 0.1) is 5.92 Å². The molecule has 0 unspecified atom stereocenters. The number of nitrogens with one attached hydrogen (secondary N) is 1. The highest BCUT2D eigenvalue weighted by atomic mass is 16.5. The highest BCUT2D eigenvalue weighted by molar-refractivity contribution is 6.27. The molecule has 0 aliphatic carbocycles. The van der Waals surface area contributed by atoms with Crippen molar-refractivity contribution in [1.82, 2.24) is 5.32 Å². The molecule has 0 radical (unpaired) electrons. The Balaban J connectivity index is 2.31. The first-order valence-corrected chi connectivity index (χ1v) is 7.46. The Labute approximate surface area is 133 Å². The second-order valence-electron chi connectivity index (χ2n) is 6.09. The van der Waals surface area contributed by atoms with Crippen molar-refractivity contribution in [1.29, 1.82) is 0 Å². The van der Waals surface area contributed by atoms with Crippen LogP contribution in [0.5, 0.6) is 0 Å². The number of benzene rings is 2. The van der Waals surface area contributed by atoms with E-state index in [-0.39, 0.29) is 5.91 Å². The number of carbonyl (C=O) groups is 3. The largest absolute Gasteiger partial charge is 0.465 e. The monoisotopic (exact) mass is 311 g/mol. The minimum Gasteiger partial charge on any atom is -0.465 e. The Hall–Kier alpha value is -2.69. The molecule has 0 fully saturated rings. The normalized spacial score (nSPS) is 13.4. The summed E-state index contributed by atoms with van der Waals surface area (Å²) in [6, 6.07) is 6.97. The zero-order chi connectivity index (χ0) is 16.7. The second kappa shape index (κ2) is 5.50. The average Bonchev–Trinajstić information content (AvgIpc) is 2.81. The lowest BCUT2D eigenvalue weighted by atomic mass is 9.90. The molecule has 118 valence electrons. The third-order valence-electron chi connectivity index (χ3n) is 3.95. The van der Waals surface area contributed by atoms with Gasteiger partial charge in [0.15, 0.2) is 0 Å². The van der Waals surface area contributed by atoms with Gasteiger partial charge >= 0.3 is 5.97 Å². The van der Waals surface area contributed by atoms with Crippen LogP contribution in [0.15, 0.2) is 24.3 Å². The van der Waals surface area contributed by atoms with Crippen molar-refractivity contribution in [2.24, 2.45) is 5.92 Å². The zero-order valence-electron chi connectivity index (χ0n) is 13.2. The minimum absolute atomic E-state index is 0.353. The Bertz CT molecular complexity index is 852. The molecule has 1 heterocycles. The van der Waals surface area contributed by atoms with Gasteiger partial charge in [-0.05, 0) is 40.8 Å². The van der Waals surface area contributed by atoms with E-state index < -0.39 is 11.9 Å². The molecule has 0 bridgehead atoms. The quantitative estimate of drug-likeness (QED) is 0.699. The number of hydrogen-bond acceptors (Lipinski definition) is 4. The van der Waals surface area contributed by atoms with Crippen LogP contribution >= 0.6 is 0 Å². The zero-order valence-corrected chi connectivity index (χ0v) is 13.2. The molecule has 5 nitrogen and oxygen atoms in total. The molecule has 2 aromatic rings. The highest BCUT2D eigenvalue weighted by Gasteiger charge is 2.32. The van der Waals surface area contributed by atoms with E-state index in [4.69, 9.17) is 4.74 Å². The molecule has 0 aromatic heterocycles. The summed E-state index contributed by atoms with van der Waals surface area (Å²) >= 11 is 0. The van der Waals surface area contributed by atoms with Crippen LogP contribution in [0.3, 0.4) is 0 Å². The van der Waals surface area contributed by atoms with E-state index in [9.17, 15) is 14.4 Å². The maximum Gasteiger partial charge on any atom is 0.337 e. The molecule has 2 aromatic carbocycles. The first-order chi connectivity index (χ1) is 10.9. The van der Waals surface area contributed by atoms with Crippen LogP contribution in [0.1, 0.15) is 50.5 Å². The van der Waals surface area contributed by atoms with Crippen molar-refractivity contribution in [3.05, 3.63) is 46.5 Å². The second-order valence-corrected chi connectivity index (χ2v) is 6.09. The van der Waals surface area contributed by atoms with E-state index in [2.05, 4.69) is 19.2 Å². The van der Waals surface area contributed by atoms with E-state index in [0.717, 1.165) is 10.9 Å². The Morgan fingerprint density at radius 1 is 1.13 bits per heavy atom. The van der Waals surface area contributed by atoms with E-state index in [1.807, 2.05) is 6.07 Å². The summed E-state index contributed by atoms with van der Waals surface area (Å²) in [6.45, 7) is 4.12. The molecule has 1 aliphatic rings. The molecule has 2 amide bonds. The fourth-order valence-electron chi connectivity index (χ4n) is 3.02. The summed E-state index contributed by atoms with van der Waals surface area (Å²) in [5, 5.41) is 3.78. The lowest BCUT2D eigenvalue weighted by molar-refractivity contribution is 0.0600. The number of rotatable bonds is 3. The fourth-order valence-corrected chi connectivity index (χ4v) is 3.02. The van der Waals surface area contributed by atoms with Gasteiger partial charge < -0.3 is 4.74 Å². The molecule has 0 atom stereocenters. The number of carbonyl (C=O) groups excluding carboxylic acids is 3. The number of imide groups is 1. The van der Waals surface area contributed by atoms with Crippen molar-refractivity contribution >= 4 is 28.6 Å². The van der Waals surface area contributed by atoms with Crippen molar-refractivity contribution in [3.8, 4) is 0 Å². The maximum absolute atomic E-state index is 12.2. The van der Waals surface area contributed by atoms with Crippen molar-refractivity contribution in [2.45, 2.75) is 20.3 Å². The maximum atomic E-state index is 12.2. The molecule has 0 saturated carbocycles. The smallest absolute Gasteiger partial charge is 0.337 e. The summed E-state index contributed by atoms with van der Waals surface area (Å²) in [7, 11) is 1.30. The summed E-state index contributed by atoms with van der Waals surface area (Å²) < 4.78 is 4.72. The molecule has 1 aliphatic heterocycles. The third-order valence-corrected chi connectivity index (χ3v) is 3.95. The molecule has 23 heavy (non-hydrogen) atoms. The van der Waals surface area contributed by atoms with Gasteiger partial charge in [-0.25, -0.2) is 4.79 Å². The van der Waals surface area contributed by atoms with Gasteiger partial charge in [0.05, 0.1) is 23.8 Å². The van der Waals surface area contributed by atoms with Crippen molar-refractivity contribution < 1.29 is 19.1 Å². The van der Waals surface area contributed by atoms with Crippen LogP contribution in [0.25, 0.3) is 10.8 Å². The number of amides is 2. The van der Waals surface area contributed by atoms with Crippen LogP contribution in [0.4, 0.5) is 0 Å². The molecule has 0 spiro atoms. The van der Waals surface area contributed by atoms with Gasteiger partial charge in [-0.15, -0.1) is 0 Å². The molecule has 1 N–H and O–H groups in total. The summed E-state index contributed by atoms with van der Waals surface area (Å²) in [6.07, 6.45) is 0.706. The van der Waals surface area contributed by atoms with E-state index in [0.29, 0.717) is 34.4 Å². The highest BCUT2D eigenvalue weighted by Crippen LogP contribution is 2.31. The number of methoxy groups -OCH3 is 1. The molecular formula is C18H17NO4. The summed E-state index contributed by atoms with van der Waals surface area (Å²) in [5.41, 5.74) is 2.00. The standard InChI is InChI=1S/C18H17NO4/c1-9(2)6-12-7-10-4-5-11(18(22)23-3)8-13(10)15-14(12)16(20)19-17(15)21/h4-5,7-9H,6H2,1-3H3,(H,19,20,21). The average molecular weight is 311 g/mol. The van der Waals surface area contributed by atoms with Gasteiger partial charge in [0, 0.05) is 0 Å². The first-order valence-electron chi connectivity index (χ1n) is 7.46. The fraction of sp³-hybridized carbons (Fsp3) is 0.278. The lowest BCUT2D eigenvalue weighted by Gasteiger charge is -2.12. The number of esters is 1. The number of fused-ring (bicyclic) bond motifs is 3. The van der Waals surface area contributed by atoms with E-state index in [1.54, 1.807) is 18.2 Å². The van der Waals surface area contributed by atoms with Gasteiger partial charge in [0.25, 0.3) is 11.8 Å². The Morgan fingerprint density at radius 3 is 2.48 bits per heavy atom. The Morgan fingerprint density at radius 2 is 1.83 bits per heavy atom. The van der Waals surface area contributed by atoms with Gasteiger partial charge in [-0.1, -0.05) is 26.0 Å². The third kappa shape index (κ3) is 2.48. The predicted octanol–water partition coefficient (Wildman–Crippen LogP) is 2.71. The van der Waals surface area contributed by atoms with Crippen LogP contribution in [-0.2, 0) is 11.2 Å². The number of hydrogen-bond donors (Lipinski definition) is 1. The van der Waals surface area contributed by atoms with E-state index >= 15 is 0 Å². The minimum atomic E-state index is -0.475. The van der Waals surface area contributed by atoms with Crippen LogP contribution < -0.4 is 5.32 Å². The lowest BCUT2D eigenvalue weighted by Crippen LogP contribution is -2.20. The van der Waals surface area contributed by atoms with Crippen molar-refractivity contribution in [2.75, 3.05) is 7.11 Å². The SMILES string of the molecule is COC(=O)c1ccc2cc(CC(C)C)c3c(c2c1)C(=O)NC3=O. The topological polar surface area (TPSA) is 72.5 Å². The molecule has 0 saturated heterocycles. The number of ether oxygens (including phenoxy) is 1. The van der Waals surface area contributed by atoms with Gasteiger partial charge in [-0.3, -0.25) is 14.9 Å². The summed E-state index contributed by atoms with van der Waals surface area (Å²) in [4.78, 5) is 36.1. The Kier molecular flexibility index (Phi) is 3.64. The van der Waals surface area contributed by atoms with Crippen molar-refractivity contribution in [3.63, 3.8) is 0 Å². The molecule has 3 rings (SSSR count). The predicted molar refractivity (Wildman–Crippen MR) is 85.6 cm³/mol. The van der Waals surface area contributed by atoms with E-state index in [1.165, 1.54) is 7.11 Å². The van der Waals surface area contributed by atoms with Gasteiger partial charge in [0.2, 0.25) is 0 Å². The molecular weight excluding hydrogens is 294 g/mol. The first kappa shape index (κ1) is 15.2.